The van der Waals surface area contributed by atoms with E-state index in [1.807, 2.05) is 25.4 Å². The molecular formula is C19H23N7O2. The number of hydrogen-bond acceptors (Lipinski definition) is 7. The summed E-state index contributed by atoms with van der Waals surface area (Å²) in [5.74, 6) is 1.21. The van der Waals surface area contributed by atoms with Crippen LogP contribution in [0.5, 0.6) is 0 Å². The molecule has 1 aliphatic heterocycles. The molecular weight excluding hydrogens is 358 g/mol. The molecule has 146 valence electrons. The fourth-order valence-electron chi connectivity index (χ4n) is 3.52. The Labute approximate surface area is 162 Å². The van der Waals surface area contributed by atoms with Crippen LogP contribution in [0.4, 0.5) is 11.6 Å². The van der Waals surface area contributed by atoms with Gasteiger partial charge in [-0.3, -0.25) is 9.48 Å². The van der Waals surface area contributed by atoms with Crippen LogP contribution in [-0.2, 0) is 16.6 Å². The van der Waals surface area contributed by atoms with Crippen molar-refractivity contribution in [2.75, 3.05) is 30.4 Å². The van der Waals surface area contributed by atoms with E-state index in [2.05, 4.69) is 25.5 Å². The van der Waals surface area contributed by atoms with Gasteiger partial charge in [0.05, 0.1) is 24.0 Å². The molecule has 1 aliphatic rings. The van der Waals surface area contributed by atoms with Crippen molar-refractivity contribution in [3.63, 3.8) is 0 Å². The molecule has 9 nitrogen and oxygen atoms in total. The number of pyridine rings is 2. The maximum atomic E-state index is 11.3. The molecule has 0 saturated carbocycles. The van der Waals surface area contributed by atoms with Gasteiger partial charge in [-0.2, -0.15) is 0 Å². The van der Waals surface area contributed by atoms with E-state index < -0.39 is 0 Å². The number of aryl methyl sites for hydroxylation is 1. The van der Waals surface area contributed by atoms with E-state index >= 15 is 0 Å². The van der Waals surface area contributed by atoms with Gasteiger partial charge in [0.1, 0.15) is 17.3 Å². The predicted molar refractivity (Wildman–Crippen MR) is 106 cm³/mol. The Kier molecular flexibility index (Phi) is 4.91. The van der Waals surface area contributed by atoms with Crippen LogP contribution in [0.3, 0.4) is 0 Å². The monoisotopic (exact) mass is 381 g/mol. The van der Waals surface area contributed by atoms with Gasteiger partial charge in [-0.25, -0.2) is 9.97 Å². The number of fused-ring (bicyclic) bond motifs is 1. The molecule has 0 bridgehead atoms. The summed E-state index contributed by atoms with van der Waals surface area (Å²) < 4.78 is 7.17. The Hall–Kier alpha value is -3.07. The minimum atomic E-state index is -0.161. The summed E-state index contributed by atoms with van der Waals surface area (Å²) in [6, 6.07) is 3.86. The average Bonchev–Trinajstić information content (AvgIpc) is 3.13. The summed E-state index contributed by atoms with van der Waals surface area (Å²) in [6.07, 6.45) is 5.76. The van der Waals surface area contributed by atoms with Crippen LogP contribution in [0.15, 0.2) is 24.5 Å². The van der Waals surface area contributed by atoms with Gasteiger partial charge in [-0.1, -0.05) is 5.21 Å². The van der Waals surface area contributed by atoms with Gasteiger partial charge in [0.15, 0.2) is 0 Å². The first-order valence-corrected chi connectivity index (χ1v) is 9.26. The highest BCUT2D eigenvalue weighted by Crippen LogP contribution is 2.33. The molecule has 28 heavy (non-hydrogen) atoms. The summed E-state index contributed by atoms with van der Waals surface area (Å²) in [6.45, 7) is 3.19. The number of ether oxygens (including phenoxy) is 1. The highest BCUT2D eigenvalue weighted by Gasteiger charge is 2.24. The van der Waals surface area contributed by atoms with E-state index in [0.717, 1.165) is 53.9 Å². The fourth-order valence-corrected chi connectivity index (χ4v) is 3.52. The van der Waals surface area contributed by atoms with Crippen LogP contribution in [0.25, 0.3) is 22.2 Å². The molecule has 0 radical (unpaired) electrons. The van der Waals surface area contributed by atoms with Crippen LogP contribution >= 0.6 is 0 Å². The molecule has 0 atom stereocenters. The Morgan fingerprint density at radius 3 is 2.71 bits per heavy atom. The number of piperidine rings is 1. The van der Waals surface area contributed by atoms with Crippen molar-refractivity contribution >= 4 is 28.4 Å². The lowest BCUT2D eigenvalue weighted by molar-refractivity contribution is -0.114. The smallest absolute Gasteiger partial charge is 0.222 e. The molecule has 4 rings (SSSR count). The number of hydrogen-bond donors (Lipinski definition) is 1. The zero-order valence-corrected chi connectivity index (χ0v) is 16.2. The van der Waals surface area contributed by atoms with E-state index in [9.17, 15) is 4.79 Å². The van der Waals surface area contributed by atoms with Crippen molar-refractivity contribution in [1.29, 1.82) is 0 Å². The third kappa shape index (κ3) is 3.65. The number of nitrogens with one attached hydrogen (secondary N) is 1. The molecule has 0 unspecified atom stereocenters. The Morgan fingerprint density at radius 1 is 1.29 bits per heavy atom. The normalized spacial score (nSPS) is 15.2. The van der Waals surface area contributed by atoms with E-state index in [-0.39, 0.29) is 5.91 Å². The van der Waals surface area contributed by atoms with Gasteiger partial charge < -0.3 is 15.0 Å². The minimum absolute atomic E-state index is 0.161. The van der Waals surface area contributed by atoms with Crippen molar-refractivity contribution in [2.24, 2.45) is 7.05 Å². The molecule has 1 fully saturated rings. The molecule has 1 N–H and O–H groups in total. The van der Waals surface area contributed by atoms with Gasteiger partial charge in [0, 0.05) is 45.1 Å². The Bertz CT molecular complexity index is 1010. The SMILES string of the molecule is COC1CCN(c2nc3cnc(NC(C)=O)cc3cc2-c2cn(C)nn2)CC1. The highest BCUT2D eigenvalue weighted by molar-refractivity contribution is 5.93. The summed E-state index contributed by atoms with van der Waals surface area (Å²) in [4.78, 5) is 22.8. The number of carbonyl (C=O) groups excluding carboxylic acids is 1. The lowest BCUT2D eigenvalue weighted by Gasteiger charge is -2.33. The molecule has 0 spiro atoms. The first-order chi connectivity index (χ1) is 13.5. The number of anilines is 2. The van der Waals surface area contributed by atoms with Gasteiger partial charge in [-0.15, -0.1) is 5.10 Å². The molecule has 4 heterocycles. The van der Waals surface area contributed by atoms with Crippen LogP contribution < -0.4 is 10.2 Å². The van der Waals surface area contributed by atoms with Crippen molar-refractivity contribution in [3.8, 4) is 11.3 Å². The third-order valence-corrected chi connectivity index (χ3v) is 4.94. The quantitative estimate of drug-likeness (QED) is 0.738. The van der Waals surface area contributed by atoms with E-state index in [4.69, 9.17) is 9.72 Å². The average molecular weight is 381 g/mol. The topological polar surface area (TPSA) is 98.1 Å². The zero-order valence-electron chi connectivity index (χ0n) is 16.2. The number of aromatic nitrogens is 5. The summed E-state index contributed by atoms with van der Waals surface area (Å²) in [5.41, 5.74) is 2.45. The summed E-state index contributed by atoms with van der Waals surface area (Å²) >= 11 is 0. The molecule has 3 aromatic heterocycles. The van der Waals surface area contributed by atoms with Crippen LogP contribution in [-0.4, -0.2) is 57.2 Å². The van der Waals surface area contributed by atoms with Crippen molar-refractivity contribution in [2.45, 2.75) is 25.9 Å². The lowest BCUT2D eigenvalue weighted by Crippen LogP contribution is -2.37. The first kappa shape index (κ1) is 18.3. The maximum absolute atomic E-state index is 11.3. The van der Waals surface area contributed by atoms with E-state index in [0.29, 0.717) is 11.9 Å². The van der Waals surface area contributed by atoms with Gasteiger partial charge in [0.2, 0.25) is 5.91 Å². The fraction of sp³-hybridized carbons (Fsp3) is 0.421. The van der Waals surface area contributed by atoms with E-state index in [1.54, 1.807) is 18.0 Å². The number of carbonyl (C=O) groups is 1. The number of amides is 1. The molecule has 0 aliphatic carbocycles. The second kappa shape index (κ2) is 7.51. The van der Waals surface area contributed by atoms with Gasteiger partial charge in [-0.05, 0) is 25.0 Å². The Morgan fingerprint density at radius 2 is 2.07 bits per heavy atom. The number of nitrogens with zero attached hydrogens (tertiary/aromatic N) is 6. The van der Waals surface area contributed by atoms with Crippen molar-refractivity contribution in [3.05, 3.63) is 24.5 Å². The van der Waals surface area contributed by atoms with E-state index in [1.165, 1.54) is 6.92 Å². The molecule has 0 aromatic carbocycles. The standard InChI is InChI=1S/C19H23N7O2/c1-12(27)21-18-9-13-8-15(17-11-25(2)24-23-17)19(22-16(13)10-20-18)26-6-4-14(28-3)5-7-26/h8-11,14H,4-7H2,1-3H3,(H,20,21,27). The highest BCUT2D eigenvalue weighted by atomic mass is 16.5. The maximum Gasteiger partial charge on any atom is 0.222 e. The summed E-state index contributed by atoms with van der Waals surface area (Å²) in [5, 5.41) is 12.0. The lowest BCUT2D eigenvalue weighted by atomic mass is 10.1. The van der Waals surface area contributed by atoms with Crippen molar-refractivity contribution in [1.82, 2.24) is 25.0 Å². The predicted octanol–water partition coefficient (Wildman–Crippen LogP) is 2.00. The molecule has 3 aromatic rings. The third-order valence-electron chi connectivity index (χ3n) is 4.94. The molecule has 1 saturated heterocycles. The first-order valence-electron chi connectivity index (χ1n) is 9.26. The molecule has 1 amide bonds. The zero-order chi connectivity index (χ0) is 19.7. The summed E-state index contributed by atoms with van der Waals surface area (Å²) in [7, 11) is 3.60. The van der Waals surface area contributed by atoms with Gasteiger partial charge in [0.25, 0.3) is 0 Å². The van der Waals surface area contributed by atoms with Crippen LogP contribution in [0, 0.1) is 0 Å². The second-order valence-electron chi connectivity index (χ2n) is 7.00. The van der Waals surface area contributed by atoms with Gasteiger partial charge >= 0.3 is 0 Å². The van der Waals surface area contributed by atoms with Crippen molar-refractivity contribution < 1.29 is 9.53 Å². The van der Waals surface area contributed by atoms with Crippen LogP contribution in [0.1, 0.15) is 19.8 Å². The Balaban J connectivity index is 1.79. The number of rotatable bonds is 4. The largest absolute Gasteiger partial charge is 0.381 e. The second-order valence-corrected chi connectivity index (χ2v) is 7.00. The van der Waals surface area contributed by atoms with Crippen LogP contribution in [0.2, 0.25) is 0 Å². The number of methoxy groups -OCH3 is 1. The molecule has 9 heteroatoms. The minimum Gasteiger partial charge on any atom is -0.381 e.